The third kappa shape index (κ3) is 2.39. The number of carboxylic acid groups (broad SMARTS) is 1. The minimum atomic E-state index is -0.769. The average Bonchev–Trinajstić information content (AvgIpc) is 2.56. The summed E-state index contributed by atoms with van der Waals surface area (Å²) in [5.74, 6) is -0.769. The molecule has 2 aromatic carbocycles. The first-order valence-electron chi connectivity index (χ1n) is 6.66. The van der Waals surface area contributed by atoms with Crippen molar-refractivity contribution in [3.05, 3.63) is 59.2 Å². The fourth-order valence-electron chi connectivity index (χ4n) is 2.87. The number of aryl methyl sites for hydroxylation is 2. The largest absolute Gasteiger partial charge is 0.481 e. The van der Waals surface area contributed by atoms with Crippen LogP contribution in [0.1, 0.15) is 23.1 Å². The van der Waals surface area contributed by atoms with E-state index >= 15 is 0 Å². The molecule has 0 spiro atoms. The van der Waals surface area contributed by atoms with E-state index in [9.17, 15) is 4.79 Å². The van der Waals surface area contributed by atoms with Crippen molar-refractivity contribution in [1.82, 2.24) is 0 Å². The molecule has 1 aliphatic carbocycles. The molecule has 0 aromatic heterocycles. The maximum atomic E-state index is 10.8. The Bertz CT molecular complexity index is 629. The Hall–Kier alpha value is -2.09. The normalized spacial score (nSPS) is 13.3. The molecule has 0 heterocycles. The van der Waals surface area contributed by atoms with E-state index in [0.29, 0.717) is 0 Å². The molecule has 96 valence electrons. The molecule has 0 atom stereocenters. The maximum absolute atomic E-state index is 10.8. The van der Waals surface area contributed by atoms with E-state index in [-0.39, 0.29) is 6.42 Å². The highest BCUT2D eigenvalue weighted by Gasteiger charge is 2.14. The molecule has 0 aliphatic heterocycles. The van der Waals surface area contributed by atoms with Crippen LogP contribution in [0.4, 0.5) is 0 Å². The lowest BCUT2D eigenvalue weighted by Gasteiger charge is -2.10. The second-order valence-electron chi connectivity index (χ2n) is 5.07. The van der Waals surface area contributed by atoms with Crippen LogP contribution >= 0.6 is 0 Å². The molecule has 2 nitrogen and oxygen atoms in total. The maximum Gasteiger partial charge on any atom is 0.307 e. The van der Waals surface area contributed by atoms with Gasteiger partial charge in [-0.2, -0.15) is 0 Å². The minimum absolute atomic E-state index is 0.106. The summed E-state index contributed by atoms with van der Waals surface area (Å²) < 4.78 is 0. The van der Waals surface area contributed by atoms with E-state index in [0.717, 1.165) is 24.8 Å². The van der Waals surface area contributed by atoms with Crippen LogP contribution in [0.5, 0.6) is 0 Å². The van der Waals surface area contributed by atoms with Crippen molar-refractivity contribution in [3.63, 3.8) is 0 Å². The Morgan fingerprint density at radius 2 is 1.74 bits per heavy atom. The summed E-state index contributed by atoms with van der Waals surface area (Å²) >= 11 is 0. The second-order valence-corrected chi connectivity index (χ2v) is 5.07. The van der Waals surface area contributed by atoms with E-state index in [1.54, 1.807) is 0 Å². The Labute approximate surface area is 112 Å². The molecule has 0 amide bonds. The standard InChI is InChI=1S/C17H16O2/c18-17(19)11-12-8-9-16-14(10-12)6-3-5-13-4-1-2-7-15(13)16/h1-2,4,7-10H,3,5-6,11H2,(H,18,19). The van der Waals surface area contributed by atoms with E-state index in [1.807, 2.05) is 6.07 Å². The predicted octanol–water partition coefficient (Wildman–Crippen LogP) is 3.47. The summed E-state index contributed by atoms with van der Waals surface area (Å²) in [4.78, 5) is 10.8. The topological polar surface area (TPSA) is 37.3 Å². The molecule has 0 saturated heterocycles. The smallest absolute Gasteiger partial charge is 0.307 e. The highest BCUT2D eigenvalue weighted by atomic mass is 16.4. The molecule has 0 fully saturated rings. The molecule has 0 saturated carbocycles. The number of carbonyl (C=O) groups is 1. The lowest BCUT2D eigenvalue weighted by atomic mass is 9.94. The van der Waals surface area contributed by atoms with Gasteiger partial charge in [0.2, 0.25) is 0 Å². The van der Waals surface area contributed by atoms with Gasteiger partial charge >= 0.3 is 5.97 Å². The zero-order valence-corrected chi connectivity index (χ0v) is 10.7. The fraction of sp³-hybridized carbons (Fsp3) is 0.235. The van der Waals surface area contributed by atoms with Gasteiger partial charge in [-0.1, -0.05) is 42.5 Å². The highest BCUT2D eigenvalue weighted by molar-refractivity contribution is 5.74. The Morgan fingerprint density at radius 1 is 1.00 bits per heavy atom. The van der Waals surface area contributed by atoms with Crippen LogP contribution < -0.4 is 0 Å². The number of aliphatic carboxylic acids is 1. The van der Waals surface area contributed by atoms with Crippen LogP contribution in [0.15, 0.2) is 42.5 Å². The van der Waals surface area contributed by atoms with Crippen LogP contribution in [0.25, 0.3) is 11.1 Å². The fourth-order valence-corrected chi connectivity index (χ4v) is 2.87. The summed E-state index contributed by atoms with van der Waals surface area (Å²) in [7, 11) is 0. The van der Waals surface area contributed by atoms with Crippen molar-refractivity contribution in [2.24, 2.45) is 0 Å². The van der Waals surface area contributed by atoms with E-state index in [1.165, 1.54) is 22.3 Å². The summed E-state index contributed by atoms with van der Waals surface area (Å²) in [6.07, 6.45) is 3.35. The van der Waals surface area contributed by atoms with Crippen molar-refractivity contribution < 1.29 is 9.90 Å². The van der Waals surface area contributed by atoms with Crippen LogP contribution in [-0.2, 0) is 24.1 Å². The number of rotatable bonds is 2. The summed E-state index contributed by atoms with van der Waals surface area (Å²) in [5.41, 5.74) is 6.14. The van der Waals surface area contributed by atoms with Gasteiger partial charge in [-0.05, 0) is 47.1 Å². The molecule has 0 unspecified atom stereocenters. The summed E-state index contributed by atoms with van der Waals surface area (Å²) in [5, 5.41) is 8.88. The van der Waals surface area contributed by atoms with Crippen LogP contribution in [-0.4, -0.2) is 11.1 Å². The van der Waals surface area contributed by atoms with Crippen LogP contribution in [0, 0.1) is 0 Å². The van der Waals surface area contributed by atoms with Gasteiger partial charge in [0.15, 0.2) is 0 Å². The van der Waals surface area contributed by atoms with Crippen molar-refractivity contribution in [3.8, 4) is 11.1 Å². The van der Waals surface area contributed by atoms with Gasteiger partial charge in [0.05, 0.1) is 6.42 Å². The molecule has 2 heteroatoms. The summed E-state index contributed by atoms with van der Waals surface area (Å²) in [6, 6.07) is 14.6. The molecular formula is C17H16O2. The van der Waals surface area contributed by atoms with Gasteiger partial charge in [-0.3, -0.25) is 4.79 Å². The van der Waals surface area contributed by atoms with Crippen molar-refractivity contribution in [2.75, 3.05) is 0 Å². The van der Waals surface area contributed by atoms with Crippen LogP contribution in [0.3, 0.4) is 0 Å². The second kappa shape index (κ2) is 4.88. The third-order valence-corrected chi connectivity index (χ3v) is 3.72. The monoisotopic (exact) mass is 252 g/mol. The highest BCUT2D eigenvalue weighted by Crippen LogP contribution is 2.32. The van der Waals surface area contributed by atoms with Gasteiger partial charge in [0.1, 0.15) is 0 Å². The van der Waals surface area contributed by atoms with Crippen molar-refractivity contribution in [2.45, 2.75) is 25.7 Å². The van der Waals surface area contributed by atoms with E-state index in [4.69, 9.17) is 5.11 Å². The van der Waals surface area contributed by atoms with Gasteiger partial charge in [0.25, 0.3) is 0 Å². The first kappa shape index (κ1) is 12.0. The first-order chi connectivity index (χ1) is 9.24. The zero-order valence-electron chi connectivity index (χ0n) is 10.7. The molecule has 1 aliphatic rings. The number of hydrogen-bond donors (Lipinski definition) is 1. The molecule has 19 heavy (non-hydrogen) atoms. The van der Waals surface area contributed by atoms with Crippen molar-refractivity contribution in [1.29, 1.82) is 0 Å². The first-order valence-corrected chi connectivity index (χ1v) is 6.66. The Morgan fingerprint density at radius 3 is 2.58 bits per heavy atom. The zero-order chi connectivity index (χ0) is 13.2. The molecular weight excluding hydrogens is 236 g/mol. The molecule has 2 aromatic rings. The predicted molar refractivity (Wildman–Crippen MR) is 75.2 cm³/mol. The molecule has 0 radical (unpaired) electrons. The summed E-state index contributed by atoms with van der Waals surface area (Å²) in [6.45, 7) is 0. The number of hydrogen-bond acceptors (Lipinski definition) is 1. The lowest BCUT2D eigenvalue weighted by Crippen LogP contribution is -2.01. The van der Waals surface area contributed by atoms with E-state index < -0.39 is 5.97 Å². The SMILES string of the molecule is O=C(O)Cc1ccc2c(c1)CCCc1ccccc1-2. The Balaban J connectivity index is 2.08. The van der Waals surface area contributed by atoms with Gasteiger partial charge in [-0.15, -0.1) is 0 Å². The van der Waals surface area contributed by atoms with Gasteiger partial charge in [0, 0.05) is 0 Å². The molecule has 0 bridgehead atoms. The molecule has 1 N–H and O–H groups in total. The number of fused-ring (bicyclic) bond motifs is 3. The van der Waals surface area contributed by atoms with Crippen molar-refractivity contribution >= 4 is 5.97 Å². The van der Waals surface area contributed by atoms with E-state index in [2.05, 4.69) is 36.4 Å². The minimum Gasteiger partial charge on any atom is -0.481 e. The van der Waals surface area contributed by atoms with Gasteiger partial charge in [-0.25, -0.2) is 0 Å². The average molecular weight is 252 g/mol. The van der Waals surface area contributed by atoms with Gasteiger partial charge < -0.3 is 5.11 Å². The van der Waals surface area contributed by atoms with Crippen LogP contribution in [0.2, 0.25) is 0 Å². The quantitative estimate of drug-likeness (QED) is 0.888. The number of benzene rings is 2. The Kier molecular flexibility index (Phi) is 3.08. The third-order valence-electron chi connectivity index (χ3n) is 3.72. The number of carboxylic acids is 1. The lowest BCUT2D eigenvalue weighted by molar-refractivity contribution is -0.136. The molecule has 3 rings (SSSR count).